The minimum Gasteiger partial charge on any atom is -0.505 e. The summed E-state index contributed by atoms with van der Waals surface area (Å²) in [5.41, 5.74) is 0.466. The Bertz CT molecular complexity index is 1230. The number of phenols is 1. The van der Waals surface area contributed by atoms with Crippen molar-refractivity contribution in [2.24, 2.45) is 0 Å². The molecule has 0 saturated carbocycles. The van der Waals surface area contributed by atoms with Crippen LogP contribution in [0.5, 0.6) is 5.75 Å². The van der Waals surface area contributed by atoms with Crippen LogP contribution in [-0.2, 0) is 0 Å². The fraction of sp³-hybridized carbons (Fsp3) is 0.370. The fourth-order valence-electron chi connectivity index (χ4n) is 4.73. The van der Waals surface area contributed by atoms with E-state index in [1.54, 1.807) is 18.2 Å². The van der Waals surface area contributed by atoms with Crippen LogP contribution >= 0.6 is 0 Å². The number of para-hydroxylation sites is 1. The summed E-state index contributed by atoms with van der Waals surface area (Å²) in [6.45, 7) is 4.72. The summed E-state index contributed by atoms with van der Waals surface area (Å²) in [7, 11) is 0. The second kappa shape index (κ2) is 10.1. The molecular formula is C27H31N3O4. The summed E-state index contributed by atoms with van der Waals surface area (Å²) < 4.78 is 0. The van der Waals surface area contributed by atoms with Crippen molar-refractivity contribution in [1.29, 1.82) is 0 Å². The molecule has 1 fully saturated rings. The summed E-state index contributed by atoms with van der Waals surface area (Å²) in [6, 6.07) is 14.6. The van der Waals surface area contributed by atoms with Gasteiger partial charge in [-0.05, 0) is 49.8 Å². The van der Waals surface area contributed by atoms with E-state index < -0.39 is 10.9 Å². The number of rotatable bonds is 8. The number of aromatic hydroxyl groups is 1. The standard InChI is InChI=1S/C27H31N3O4/c1-3-18-13-8-9-16-30(18)27(34)19-14-10-15-21(24(19)31)29-23-22(25(32)26(23)33)28-20(4-2)17-11-6-5-7-12-17/h5-7,10-12,14-15,18,20,28-29,31H,3-4,8-9,13,16H2,1-2H3/t18?,20-/m1/s1. The van der Waals surface area contributed by atoms with Gasteiger partial charge in [0.05, 0.1) is 17.3 Å². The van der Waals surface area contributed by atoms with Gasteiger partial charge in [-0.3, -0.25) is 14.4 Å². The maximum absolute atomic E-state index is 13.2. The zero-order chi connectivity index (χ0) is 24.2. The van der Waals surface area contributed by atoms with Crippen molar-refractivity contribution in [1.82, 2.24) is 4.90 Å². The van der Waals surface area contributed by atoms with Crippen molar-refractivity contribution in [2.45, 2.75) is 58.0 Å². The van der Waals surface area contributed by atoms with Crippen LogP contribution < -0.4 is 21.5 Å². The van der Waals surface area contributed by atoms with Crippen molar-refractivity contribution in [2.75, 3.05) is 17.2 Å². The second-order valence-corrected chi connectivity index (χ2v) is 8.81. The van der Waals surface area contributed by atoms with Gasteiger partial charge in [0, 0.05) is 12.6 Å². The third kappa shape index (κ3) is 4.42. The van der Waals surface area contributed by atoms with Gasteiger partial charge in [-0.25, -0.2) is 0 Å². The van der Waals surface area contributed by atoms with Gasteiger partial charge in [0.2, 0.25) is 0 Å². The number of piperidine rings is 1. The number of likely N-dealkylation sites (tertiary alicyclic amines) is 1. The molecule has 178 valence electrons. The van der Waals surface area contributed by atoms with E-state index in [4.69, 9.17) is 0 Å². The number of nitrogens with zero attached hydrogens (tertiary/aromatic N) is 1. The van der Waals surface area contributed by atoms with E-state index in [-0.39, 0.29) is 46.4 Å². The Morgan fingerprint density at radius 3 is 2.47 bits per heavy atom. The highest BCUT2D eigenvalue weighted by Crippen LogP contribution is 2.34. The van der Waals surface area contributed by atoms with E-state index in [0.29, 0.717) is 13.0 Å². The number of hydrogen-bond acceptors (Lipinski definition) is 6. The molecule has 3 aromatic carbocycles. The molecule has 1 amide bonds. The van der Waals surface area contributed by atoms with E-state index >= 15 is 0 Å². The highest BCUT2D eigenvalue weighted by Gasteiger charge is 2.29. The molecular weight excluding hydrogens is 430 g/mol. The molecule has 2 atom stereocenters. The van der Waals surface area contributed by atoms with Crippen LogP contribution in [0.4, 0.5) is 17.1 Å². The highest BCUT2D eigenvalue weighted by atomic mass is 16.3. The monoisotopic (exact) mass is 461 g/mol. The summed E-state index contributed by atoms with van der Waals surface area (Å²) >= 11 is 0. The first-order valence-electron chi connectivity index (χ1n) is 12.0. The first-order valence-corrected chi connectivity index (χ1v) is 12.0. The average Bonchev–Trinajstić information content (AvgIpc) is 2.89. The van der Waals surface area contributed by atoms with Gasteiger partial charge in [0.25, 0.3) is 16.8 Å². The van der Waals surface area contributed by atoms with Crippen molar-refractivity contribution < 1.29 is 9.90 Å². The molecule has 0 bridgehead atoms. The first kappa shape index (κ1) is 23.5. The van der Waals surface area contributed by atoms with Crippen molar-refractivity contribution >= 4 is 23.0 Å². The molecule has 0 aliphatic carbocycles. The van der Waals surface area contributed by atoms with E-state index in [0.717, 1.165) is 31.2 Å². The lowest BCUT2D eigenvalue weighted by molar-refractivity contribution is 0.0605. The normalized spacial score (nSPS) is 16.9. The number of benzene rings is 2. The molecule has 3 N–H and O–H groups in total. The quantitative estimate of drug-likeness (QED) is 0.332. The zero-order valence-electron chi connectivity index (χ0n) is 19.6. The van der Waals surface area contributed by atoms with Gasteiger partial charge in [-0.15, -0.1) is 0 Å². The minimum atomic E-state index is -0.649. The molecule has 34 heavy (non-hydrogen) atoms. The SMILES string of the molecule is CCC1CCCCN1C(=O)c1cccc(Nc2c(N[C@H](CC)c3ccccc3)c(=O)c2=O)c1O. The molecule has 1 aliphatic heterocycles. The number of hydrogen-bond donors (Lipinski definition) is 3. The fourth-order valence-corrected chi connectivity index (χ4v) is 4.73. The first-order chi connectivity index (χ1) is 16.5. The molecule has 3 aromatic rings. The van der Waals surface area contributed by atoms with Crippen LogP contribution in [0.25, 0.3) is 0 Å². The van der Waals surface area contributed by atoms with Crippen molar-refractivity contribution in [3.05, 3.63) is 80.1 Å². The van der Waals surface area contributed by atoms with E-state index in [1.165, 1.54) is 0 Å². The van der Waals surface area contributed by atoms with E-state index in [1.807, 2.05) is 42.2 Å². The molecule has 7 nitrogen and oxygen atoms in total. The molecule has 0 radical (unpaired) electrons. The summed E-state index contributed by atoms with van der Waals surface area (Å²) in [6.07, 6.45) is 4.57. The Kier molecular flexibility index (Phi) is 7.01. The van der Waals surface area contributed by atoms with Crippen molar-refractivity contribution in [3.8, 4) is 5.75 Å². The van der Waals surface area contributed by atoms with Gasteiger partial charge in [0.15, 0.2) is 5.75 Å². The Morgan fingerprint density at radius 2 is 1.76 bits per heavy atom. The molecule has 0 aromatic heterocycles. The van der Waals surface area contributed by atoms with Gasteiger partial charge in [-0.2, -0.15) is 0 Å². The van der Waals surface area contributed by atoms with Crippen LogP contribution in [-0.4, -0.2) is 28.5 Å². The molecule has 1 saturated heterocycles. The number of nitrogens with one attached hydrogen (secondary N) is 2. The Balaban J connectivity index is 1.59. The number of amides is 1. The topological polar surface area (TPSA) is 98.7 Å². The smallest absolute Gasteiger partial charge is 0.257 e. The van der Waals surface area contributed by atoms with Crippen LogP contribution in [0.1, 0.15) is 67.9 Å². The maximum Gasteiger partial charge on any atom is 0.257 e. The van der Waals surface area contributed by atoms with E-state index in [2.05, 4.69) is 17.6 Å². The lowest BCUT2D eigenvalue weighted by atomic mass is 9.98. The lowest BCUT2D eigenvalue weighted by Crippen LogP contribution is -2.43. The molecule has 1 aliphatic rings. The molecule has 4 rings (SSSR count). The number of carbonyl (C=O) groups is 1. The molecule has 0 spiro atoms. The Morgan fingerprint density at radius 1 is 1.03 bits per heavy atom. The highest BCUT2D eigenvalue weighted by molar-refractivity contribution is 5.99. The predicted octanol–water partition coefficient (Wildman–Crippen LogP) is 4.70. The van der Waals surface area contributed by atoms with Crippen LogP contribution in [0.15, 0.2) is 58.1 Å². The van der Waals surface area contributed by atoms with Gasteiger partial charge < -0.3 is 20.6 Å². The lowest BCUT2D eigenvalue weighted by Gasteiger charge is -2.35. The molecule has 7 heteroatoms. The minimum absolute atomic E-state index is 0.101. The van der Waals surface area contributed by atoms with Gasteiger partial charge >= 0.3 is 0 Å². The summed E-state index contributed by atoms with van der Waals surface area (Å²) in [4.78, 5) is 39.8. The number of carbonyl (C=O) groups excluding carboxylic acids is 1. The number of anilines is 3. The van der Waals surface area contributed by atoms with Crippen LogP contribution in [0.3, 0.4) is 0 Å². The molecule has 1 heterocycles. The van der Waals surface area contributed by atoms with Gasteiger partial charge in [0.1, 0.15) is 11.4 Å². The molecule has 1 unspecified atom stereocenters. The van der Waals surface area contributed by atoms with Gasteiger partial charge in [-0.1, -0.05) is 50.2 Å². The average molecular weight is 462 g/mol. The zero-order valence-corrected chi connectivity index (χ0v) is 19.6. The summed E-state index contributed by atoms with van der Waals surface area (Å²) in [5.74, 6) is -0.437. The summed E-state index contributed by atoms with van der Waals surface area (Å²) in [5, 5.41) is 17.0. The predicted molar refractivity (Wildman–Crippen MR) is 135 cm³/mol. The van der Waals surface area contributed by atoms with Crippen LogP contribution in [0, 0.1) is 0 Å². The Hall–Kier alpha value is -3.61. The van der Waals surface area contributed by atoms with Crippen molar-refractivity contribution in [3.63, 3.8) is 0 Å². The Labute approximate surface area is 199 Å². The number of phenolic OH excluding ortho intramolecular Hbond substituents is 1. The third-order valence-corrected chi connectivity index (χ3v) is 6.72. The van der Waals surface area contributed by atoms with Crippen LogP contribution in [0.2, 0.25) is 0 Å². The largest absolute Gasteiger partial charge is 0.505 e. The second-order valence-electron chi connectivity index (χ2n) is 8.81. The van der Waals surface area contributed by atoms with E-state index in [9.17, 15) is 19.5 Å². The third-order valence-electron chi connectivity index (χ3n) is 6.72. The maximum atomic E-state index is 13.2.